The third kappa shape index (κ3) is 2.73. The molecule has 3 fully saturated rings. The van der Waals surface area contributed by atoms with Crippen molar-refractivity contribution in [3.63, 3.8) is 0 Å². The van der Waals surface area contributed by atoms with E-state index in [-0.39, 0.29) is 0 Å². The Bertz CT molecular complexity index is 452. The highest BCUT2D eigenvalue weighted by atomic mass is 79.9. The van der Waals surface area contributed by atoms with Gasteiger partial charge in [-0.2, -0.15) is 0 Å². The summed E-state index contributed by atoms with van der Waals surface area (Å²) in [7, 11) is 0. The predicted molar refractivity (Wildman–Crippen MR) is 72.9 cm³/mol. The van der Waals surface area contributed by atoms with E-state index in [4.69, 9.17) is 23.7 Å². The molecule has 3 aliphatic rings. The average molecular weight is 367 g/mol. The molecule has 0 amide bonds. The Morgan fingerprint density at radius 2 is 1.52 bits per heavy atom. The van der Waals surface area contributed by atoms with Gasteiger partial charge in [0.25, 0.3) is 0 Å². The van der Waals surface area contributed by atoms with Gasteiger partial charge in [0, 0.05) is 0 Å². The van der Waals surface area contributed by atoms with E-state index in [1.54, 1.807) is 27.7 Å². The molecule has 0 saturated carbocycles. The molecule has 6 atom stereocenters. The average Bonchev–Trinajstić information content (AvgIpc) is 2.81. The molecular weight excluding hydrogens is 348 g/mol. The molecule has 3 heterocycles. The van der Waals surface area contributed by atoms with Crippen LogP contribution < -0.4 is 0 Å². The molecule has 3 rings (SSSR count). The number of carboxylic acid groups (broad SMARTS) is 1. The fraction of sp³-hybridized carbons (Fsp3) is 0.923. The molecule has 120 valence electrons. The van der Waals surface area contributed by atoms with Crippen molar-refractivity contribution in [3.05, 3.63) is 0 Å². The van der Waals surface area contributed by atoms with E-state index in [0.717, 1.165) is 0 Å². The predicted octanol–water partition coefficient (Wildman–Crippen LogP) is 1.23. The summed E-state index contributed by atoms with van der Waals surface area (Å²) in [5, 5.41) is 9.23. The van der Waals surface area contributed by atoms with Crippen LogP contribution in [0, 0.1) is 0 Å². The summed E-state index contributed by atoms with van der Waals surface area (Å²) in [4.78, 5) is 10.4. The first-order chi connectivity index (χ1) is 9.60. The fourth-order valence-corrected chi connectivity index (χ4v) is 3.44. The second-order valence-electron chi connectivity index (χ2n) is 6.37. The lowest BCUT2D eigenvalue weighted by Gasteiger charge is -2.38. The van der Waals surface area contributed by atoms with Gasteiger partial charge < -0.3 is 28.8 Å². The number of hydrogen-bond donors (Lipinski definition) is 1. The third-order valence-electron chi connectivity index (χ3n) is 3.71. The highest BCUT2D eigenvalue weighted by Crippen LogP contribution is 2.45. The summed E-state index contributed by atoms with van der Waals surface area (Å²) in [6.07, 6.45) is -2.84. The first-order valence-corrected chi connectivity index (χ1v) is 7.75. The molecule has 0 bridgehead atoms. The van der Waals surface area contributed by atoms with Gasteiger partial charge in [-0.1, -0.05) is 15.9 Å². The minimum atomic E-state index is -1.02. The monoisotopic (exact) mass is 366 g/mol. The first-order valence-electron chi connectivity index (χ1n) is 6.83. The number of alkyl halides is 1. The summed E-state index contributed by atoms with van der Waals surface area (Å²) in [5.41, 5.74) is 0. The van der Waals surface area contributed by atoms with E-state index in [1.165, 1.54) is 0 Å². The molecule has 0 aromatic rings. The van der Waals surface area contributed by atoms with Gasteiger partial charge in [0.05, 0.1) is 0 Å². The van der Waals surface area contributed by atoms with Crippen LogP contribution in [-0.2, 0) is 28.5 Å². The minimum Gasteiger partial charge on any atom is -0.480 e. The van der Waals surface area contributed by atoms with E-state index in [9.17, 15) is 9.90 Å². The molecule has 8 heteroatoms. The summed E-state index contributed by atoms with van der Waals surface area (Å²) >= 11 is 3.15. The lowest BCUT2D eigenvalue weighted by Crippen LogP contribution is -2.58. The normalized spacial score (nSPS) is 44.9. The zero-order valence-corrected chi connectivity index (χ0v) is 13.8. The zero-order valence-electron chi connectivity index (χ0n) is 12.2. The molecule has 0 aliphatic carbocycles. The molecule has 3 saturated heterocycles. The second kappa shape index (κ2) is 4.87. The quantitative estimate of drug-likeness (QED) is 0.735. The van der Waals surface area contributed by atoms with Gasteiger partial charge in [0.15, 0.2) is 17.9 Å². The van der Waals surface area contributed by atoms with Crippen LogP contribution in [-0.4, -0.2) is 58.2 Å². The number of halogens is 1. The maximum atomic E-state index is 11.3. The van der Waals surface area contributed by atoms with E-state index in [2.05, 4.69) is 15.9 Å². The van der Waals surface area contributed by atoms with E-state index < -0.39 is 53.1 Å². The van der Waals surface area contributed by atoms with Crippen LogP contribution in [0.4, 0.5) is 0 Å². The molecule has 0 radical (unpaired) electrons. The van der Waals surface area contributed by atoms with Crippen molar-refractivity contribution in [2.24, 2.45) is 0 Å². The van der Waals surface area contributed by atoms with Crippen LogP contribution in [0.3, 0.4) is 0 Å². The van der Waals surface area contributed by atoms with E-state index >= 15 is 0 Å². The molecule has 1 N–H and O–H groups in total. The van der Waals surface area contributed by atoms with Crippen molar-refractivity contribution >= 4 is 21.9 Å². The summed E-state index contributed by atoms with van der Waals surface area (Å²) in [6.45, 7) is 7.12. The SMILES string of the molecule is CC1(C)O[C@@H]2[C@H](O1)[C@H]1OC(C)(C)O[C@H]1O[C@@H]2[C@H](Br)C(=O)O. The Morgan fingerprint density at radius 3 is 2.14 bits per heavy atom. The van der Waals surface area contributed by atoms with Gasteiger partial charge >= 0.3 is 5.97 Å². The standard InChI is InChI=1S/C13H19BrO7/c1-12(2)18-7-6(5(14)10(15)16)17-11-9(8(7)19-12)20-13(3,4)21-11/h5-9,11H,1-4H3,(H,15,16)/t5-,6+,7-,8-,9+,11+/m0/s1. The molecular formula is C13H19BrO7. The second-order valence-corrected chi connectivity index (χ2v) is 7.36. The fourth-order valence-electron chi connectivity index (χ4n) is 3.02. The van der Waals surface area contributed by atoms with Gasteiger partial charge in [-0.25, -0.2) is 0 Å². The number of fused-ring (bicyclic) bond motifs is 3. The van der Waals surface area contributed by atoms with Crippen molar-refractivity contribution in [2.45, 2.75) is 74.8 Å². The van der Waals surface area contributed by atoms with Crippen molar-refractivity contribution < 1.29 is 33.6 Å². The van der Waals surface area contributed by atoms with Crippen LogP contribution in [0.2, 0.25) is 0 Å². The zero-order chi connectivity index (χ0) is 15.6. The molecule has 0 unspecified atom stereocenters. The molecule has 21 heavy (non-hydrogen) atoms. The summed E-state index contributed by atoms with van der Waals surface area (Å²) in [5.74, 6) is -2.66. The van der Waals surface area contributed by atoms with E-state index in [1.807, 2.05) is 0 Å². The Morgan fingerprint density at radius 1 is 1.00 bits per heavy atom. The number of ether oxygens (including phenoxy) is 5. The van der Waals surface area contributed by atoms with Crippen LogP contribution in [0.1, 0.15) is 27.7 Å². The molecule has 0 aromatic heterocycles. The summed E-state index contributed by atoms with van der Waals surface area (Å²) < 4.78 is 29.1. The first kappa shape index (κ1) is 15.6. The van der Waals surface area contributed by atoms with Crippen molar-refractivity contribution in [2.75, 3.05) is 0 Å². The van der Waals surface area contributed by atoms with Crippen molar-refractivity contribution in [1.29, 1.82) is 0 Å². The molecule has 0 spiro atoms. The summed E-state index contributed by atoms with van der Waals surface area (Å²) in [6, 6.07) is 0. The maximum Gasteiger partial charge on any atom is 0.320 e. The number of aliphatic carboxylic acids is 1. The molecule has 3 aliphatic heterocycles. The Kier molecular flexibility index (Phi) is 3.63. The van der Waals surface area contributed by atoms with Crippen LogP contribution in [0.5, 0.6) is 0 Å². The van der Waals surface area contributed by atoms with Crippen molar-refractivity contribution in [1.82, 2.24) is 0 Å². The van der Waals surface area contributed by atoms with Gasteiger partial charge in [-0.15, -0.1) is 0 Å². The lowest BCUT2D eigenvalue weighted by atomic mass is 9.97. The van der Waals surface area contributed by atoms with Crippen LogP contribution in [0.25, 0.3) is 0 Å². The smallest absolute Gasteiger partial charge is 0.320 e. The topological polar surface area (TPSA) is 83.5 Å². The third-order valence-corrected chi connectivity index (χ3v) is 4.63. The number of carbonyl (C=O) groups is 1. The van der Waals surface area contributed by atoms with Crippen LogP contribution >= 0.6 is 15.9 Å². The van der Waals surface area contributed by atoms with Crippen LogP contribution in [0.15, 0.2) is 0 Å². The number of rotatable bonds is 2. The molecule has 0 aromatic carbocycles. The molecule has 7 nitrogen and oxygen atoms in total. The highest BCUT2D eigenvalue weighted by molar-refractivity contribution is 9.10. The Balaban J connectivity index is 1.90. The Labute approximate surface area is 130 Å². The highest BCUT2D eigenvalue weighted by Gasteiger charge is 2.62. The largest absolute Gasteiger partial charge is 0.480 e. The van der Waals surface area contributed by atoms with Crippen molar-refractivity contribution in [3.8, 4) is 0 Å². The number of hydrogen-bond acceptors (Lipinski definition) is 6. The van der Waals surface area contributed by atoms with Gasteiger partial charge in [0.2, 0.25) is 0 Å². The Hall–Kier alpha value is -0.250. The number of carboxylic acids is 1. The minimum absolute atomic E-state index is 0.440. The van der Waals surface area contributed by atoms with Gasteiger partial charge in [-0.3, -0.25) is 4.79 Å². The van der Waals surface area contributed by atoms with Gasteiger partial charge in [-0.05, 0) is 27.7 Å². The van der Waals surface area contributed by atoms with E-state index in [0.29, 0.717) is 0 Å². The lowest BCUT2D eigenvalue weighted by molar-refractivity contribution is -0.233. The maximum absolute atomic E-state index is 11.3. The van der Waals surface area contributed by atoms with Gasteiger partial charge in [0.1, 0.15) is 29.2 Å².